The van der Waals surface area contributed by atoms with Gasteiger partial charge in [-0.2, -0.15) is 0 Å². The van der Waals surface area contributed by atoms with Crippen LogP contribution in [0.15, 0.2) is 48.5 Å². The highest BCUT2D eigenvalue weighted by Crippen LogP contribution is 2.29. The van der Waals surface area contributed by atoms with Crippen LogP contribution in [0.1, 0.15) is 58.1 Å². The molecule has 2 aromatic rings. The van der Waals surface area contributed by atoms with Crippen molar-refractivity contribution in [2.75, 3.05) is 24.2 Å². The maximum Gasteiger partial charge on any atom is 0.244 e. The Morgan fingerprint density at radius 1 is 1.03 bits per heavy atom. The first-order valence-corrected chi connectivity index (χ1v) is 14.0. The molecule has 2 rings (SSSR count). The van der Waals surface area contributed by atoms with Crippen LogP contribution in [0, 0.1) is 0 Å². The smallest absolute Gasteiger partial charge is 0.244 e. The van der Waals surface area contributed by atoms with Crippen LogP contribution in [0.2, 0.25) is 0 Å². The largest absolute Gasteiger partial charge is 0.497 e. The summed E-state index contributed by atoms with van der Waals surface area (Å²) in [5.41, 5.74) is 2.04. The number of sulfonamides is 1. The molecule has 0 radical (unpaired) electrons. The Hall–Kier alpha value is -3.07. The molecule has 198 valence electrons. The third-order valence-corrected chi connectivity index (χ3v) is 7.29. The molecule has 0 aliphatic heterocycles. The molecule has 2 aromatic carbocycles. The van der Waals surface area contributed by atoms with Gasteiger partial charge in [-0.3, -0.25) is 13.9 Å². The molecule has 0 aliphatic rings. The molecule has 0 spiro atoms. The van der Waals surface area contributed by atoms with Gasteiger partial charge in [-0.25, -0.2) is 8.42 Å². The lowest BCUT2D eigenvalue weighted by Gasteiger charge is -2.32. The van der Waals surface area contributed by atoms with Gasteiger partial charge in [0.25, 0.3) is 0 Å². The second-order valence-corrected chi connectivity index (χ2v) is 11.3. The van der Waals surface area contributed by atoms with Gasteiger partial charge in [0.1, 0.15) is 18.3 Å². The van der Waals surface area contributed by atoms with Crippen LogP contribution >= 0.6 is 0 Å². The second kappa shape index (κ2) is 12.8. The van der Waals surface area contributed by atoms with Gasteiger partial charge in [0.2, 0.25) is 21.8 Å². The number of rotatable bonds is 12. The topological polar surface area (TPSA) is 96.0 Å². The number of carbonyl (C=O) groups is 2. The Balaban J connectivity index is 2.47. The van der Waals surface area contributed by atoms with E-state index in [-0.39, 0.29) is 24.4 Å². The zero-order valence-electron chi connectivity index (χ0n) is 22.3. The first-order chi connectivity index (χ1) is 16.9. The van der Waals surface area contributed by atoms with Crippen molar-refractivity contribution in [3.63, 3.8) is 0 Å². The molecule has 0 aromatic heterocycles. The highest BCUT2D eigenvalue weighted by atomic mass is 32.2. The highest BCUT2D eigenvalue weighted by molar-refractivity contribution is 7.92. The summed E-state index contributed by atoms with van der Waals surface area (Å²) in [4.78, 5) is 28.1. The number of amides is 2. The summed E-state index contributed by atoms with van der Waals surface area (Å²) < 4.78 is 32.1. The van der Waals surface area contributed by atoms with Gasteiger partial charge in [0.05, 0.1) is 19.1 Å². The number of benzene rings is 2. The van der Waals surface area contributed by atoms with Crippen LogP contribution in [0.3, 0.4) is 0 Å². The van der Waals surface area contributed by atoms with Crippen molar-refractivity contribution in [1.82, 2.24) is 10.2 Å². The number of ether oxygens (including phenoxy) is 1. The van der Waals surface area contributed by atoms with Crippen molar-refractivity contribution in [2.45, 2.75) is 65.6 Å². The Labute approximate surface area is 215 Å². The molecule has 0 aliphatic carbocycles. The fourth-order valence-corrected chi connectivity index (χ4v) is 4.68. The molecule has 0 bridgehead atoms. The Bertz CT molecular complexity index is 1150. The fraction of sp³-hybridized carbons (Fsp3) is 0.481. The number of hydrogen-bond donors (Lipinski definition) is 1. The number of methoxy groups -OCH3 is 1. The minimum atomic E-state index is -3.79. The van der Waals surface area contributed by atoms with Crippen molar-refractivity contribution in [3.8, 4) is 5.75 Å². The lowest BCUT2D eigenvalue weighted by molar-refractivity contribution is -0.139. The molecule has 2 atom stereocenters. The standard InChI is InChI=1S/C27H39N3O5S/c1-8-20(4)28-27(32)21(5)29(17-22-12-11-13-23(16-22)35-6)26(31)18-30(36(7,33)34)25-15-10-9-14-24(25)19(2)3/h9-16,19-21H,8,17-18H2,1-7H3,(H,28,32)/t20-,21+/m0/s1. The van der Waals surface area contributed by atoms with Crippen molar-refractivity contribution in [2.24, 2.45) is 0 Å². The summed E-state index contributed by atoms with van der Waals surface area (Å²) >= 11 is 0. The number of para-hydroxylation sites is 1. The molecule has 9 heteroatoms. The predicted octanol–water partition coefficient (Wildman–Crippen LogP) is 3.92. The van der Waals surface area contributed by atoms with Gasteiger partial charge in [-0.05, 0) is 55.5 Å². The second-order valence-electron chi connectivity index (χ2n) is 9.35. The van der Waals surface area contributed by atoms with E-state index >= 15 is 0 Å². The Kier molecular flexibility index (Phi) is 10.3. The first-order valence-electron chi connectivity index (χ1n) is 12.2. The molecule has 2 amide bonds. The molecule has 0 saturated carbocycles. The highest BCUT2D eigenvalue weighted by Gasteiger charge is 2.31. The van der Waals surface area contributed by atoms with E-state index in [2.05, 4.69) is 5.32 Å². The van der Waals surface area contributed by atoms with Crippen molar-refractivity contribution < 1.29 is 22.7 Å². The molecule has 8 nitrogen and oxygen atoms in total. The summed E-state index contributed by atoms with van der Waals surface area (Å²) in [7, 11) is -2.23. The van der Waals surface area contributed by atoms with Crippen LogP contribution in [0.4, 0.5) is 5.69 Å². The average molecular weight is 518 g/mol. The van der Waals surface area contributed by atoms with Crippen LogP contribution in [-0.4, -0.2) is 57.1 Å². The van der Waals surface area contributed by atoms with E-state index in [1.807, 2.05) is 52.0 Å². The molecule has 1 N–H and O–H groups in total. The van der Waals surface area contributed by atoms with E-state index in [1.165, 1.54) is 4.90 Å². The van der Waals surface area contributed by atoms with E-state index < -0.39 is 28.5 Å². The normalized spacial score (nSPS) is 13.1. The maximum atomic E-state index is 13.7. The van der Waals surface area contributed by atoms with E-state index in [0.29, 0.717) is 11.4 Å². The van der Waals surface area contributed by atoms with Crippen LogP contribution in [0.25, 0.3) is 0 Å². The lowest BCUT2D eigenvalue weighted by atomic mass is 10.0. The summed E-state index contributed by atoms with van der Waals surface area (Å²) in [6.45, 7) is 9.15. The summed E-state index contributed by atoms with van der Waals surface area (Å²) in [5, 5.41) is 2.92. The van der Waals surface area contributed by atoms with E-state index in [9.17, 15) is 18.0 Å². The Morgan fingerprint density at radius 3 is 2.28 bits per heavy atom. The minimum absolute atomic E-state index is 0.0497. The summed E-state index contributed by atoms with van der Waals surface area (Å²) in [6, 6.07) is 13.5. The minimum Gasteiger partial charge on any atom is -0.497 e. The summed E-state index contributed by atoms with van der Waals surface area (Å²) in [5.74, 6) is -0.100. The number of carbonyl (C=O) groups excluding carboxylic acids is 2. The first kappa shape index (κ1) is 29.2. The predicted molar refractivity (Wildman–Crippen MR) is 144 cm³/mol. The van der Waals surface area contributed by atoms with Gasteiger partial charge < -0.3 is 15.0 Å². The van der Waals surface area contributed by atoms with E-state index in [1.54, 1.807) is 38.3 Å². The van der Waals surface area contributed by atoms with Gasteiger partial charge in [-0.15, -0.1) is 0 Å². The third-order valence-electron chi connectivity index (χ3n) is 6.16. The van der Waals surface area contributed by atoms with Crippen molar-refractivity contribution >= 4 is 27.5 Å². The zero-order chi connectivity index (χ0) is 27.0. The summed E-state index contributed by atoms with van der Waals surface area (Å²) in [6.07, 6.45) is 1.83. The lowest BCUT2D eigenvalue weighted by Crippen LogP contribution is -2.52. The van der Waals surface area contributed by atoms with Crippen LogP contribution in [0.5, 0.6) is 5.75 Å². The van der Waals surface area contributed by atoms with Gasteiger partial charge in [-0.1, -0.05) is 51.1 Å². The molecule has 0 fully saturated rings. The molecule has 36 heavy (non-hydrogen) atoms. The average Bonchev–Trinajstić information content (AvgIpc) is 2.84. The number of anilines is 1. The Morgan fingerprint density at radius 2 is 1.69 bits per heavy atom. The zero-order valence-corrected chi connectivity index (χ0v) is 23.1. The SMILES string of the molecule is CC[C@H](C)NC(=O)[C@@H](C)N(Cc1cccc(OC)c1)C(=O)CN(c1ccccc1C(C)C)S(C)(=O)=O. The third kappa shape index (κ3) is 7.71. The van der Waals surface area contributed by atoms with Crippen molar-refractivity contribution in [3.05, 3.63) is 59.7 Å². The fourth-order valence-electron chi connectivity index (χ4n) is 3.81. The molecule has 0 saturated heterocycles. The molecule has 0 heterocycles. The van der Waals surface area contributed by atoms with Gasteiger partial charge in [0.15, 0.2) is 0 Å². The monoisotopic (exact) mass is 517 g/mol. The van der Waals surface area contributed by atoms with E-state index in [0.717, 1.165) is 28.1 Å². The van der Waals surface area contributed by atoms with E-state index in [4.69, 9.17) is 4.74 Å². The van der Waals surface area contributed by atoms with Gasteiger partial charge >= 0.3 is 0 Å². The van der Waals surface area contributed by atoms with Crippen molar-refractivity contribution in [1.29, 1.82) is 0 Å². The molecule has 0 unspecified atom stereocenters. The quantitative estimate of drug-likeness (QED) is 0.460. The number of hydrogen-bond acceptors (Lipinski definition) is 5. The maximum absolute atomic E-state index is 13.7. The number of nitrogens with one attached hydrogen (secondary N) is 1. The van der Waals surface area contributed by atoms with Crippen LogP contribution in [-0.2, 0) is 26.2 Å². The number of nitrogens with zero attached hydrogens (tertiary/aromatic N) is 2. The molecular formula is C27H39N3O5S. The van der Waals surface area contributed by atoms with Gasteiger partial charge in [0, 0.05) is 12.6 Å². The molecular weight excluding hydrogens is 478 g/mol. The van der Waals surface area contributed by atoms with Crippen LogP contribution < -0.4 is 14.4 Å².